The van der Waals surface area contributed by atoms with Gasteiger partial charge in [-0.1, -0.05) is 19.6 Å². The first-order chi connectivity index (χ1) is 30.6. The number of nitrogens with one attached hydrogen (secondary N) is 3. The predicted molar refractivity (Wildman–Crippen MR) is 228 cm³/mol. The number of aromatic carboxylic acids is 1. The van der Waals surface area contributed by atoms with E-state index in [0.717, 1.165) is 12.8 Å². The molecular formula is C44H53N5O15. The number of benzene rings is 2. The quantitative estimate of drug-likeness (QED) is 0.0194. The minimum Gasteiger partial charge on any atom is -0.496 e. The maximum atomic E-state index is 13.6. The Morgan fingerprint density at radius 1 is 0.875 bits per heavy atom. The molecule has 1 saturated carbocycles. The third-order valence-corrected chi connectivity index (χ3v) is 9.29. The van der Waals surface area contributed by atoms with Crippen LogP contribution in [-0.4, -0.2) is 118 Å². The smallest absolute Gasteiger partial charge is 0.415 e. The number of rotatable bonds is 25. The Morgan fingerprint density at radius 3 is 2.17 bits per heavy atom. The molecule has 344 valence electrons. The van der Waals surface area contributed by atoms with Gasteiger partial charge in [0.15, 0.2) is 5.69 Å². The molecule has 20 heteroatoms. The molecule has 0 spiro atoms. The lowest BCUT2D eigenvalue weighted by Crippen LogP contribution is -2.35. The van der Waals surface area contributed by atoms with Gasteiger partial charge in [0.1, 0.15) is 23.9 Å². The summed E-state index contributed by atoms with van der Waals surface area (Å²) in [5.41, 5.74) is 6.33. The molecule has 3 unspecified atom stereocenters. The van der Waals surface area contributed by atoms with E-state index in [1.807, 2.05) is 0 Å². The van der Waals surface area contributed by atoms with E-state index in [-0.39, 0.29) is 79.1 Å². The number of carbonyl (C=O) groups excluding carboxylic acids is 5. The predicted octanol–water partition coefficient (Wildman–Crippen LogP) is 4.58. The molecule has 0 saturated heterocycles. The molecule has 1 heterocycles. The van der Waals surface area contributed by atoms with Crippen LogP contribution >= 0.6 is 0 Å². The van der Waals surface area contributed by atoms with Gasteiger partial charge in [-0.15, -0.1) is 0 Å². The number of carboxylic acid groups (broad SMARTS) is 1. The van der Waals surface area contributed by atoms with E-state index in [2.05, 4.69) is 22.2 Å². The van der Waals surface area contributed by atoms with Crippen molar-refractivity contribution in [3.05, 3.63) is 83.2 Å². The van der Waals surface area contributed by atoms with Crippen LogP contribution in [-0.2, 0) is 42.7 Å². The summed E-state index contributed by atoms with van der Waals surface area (Å²) in [5, 5.41) is 23.0. The number of amidine groups is 1. The van der Waals surface area contributed by atoms with Crippen molar-refractivity contribution in [1.82, 2.24) is 15.6 Å². The topological polar surface area (TPSA) is 283 Å². The van der Waals surface area contributed by atoms with Crippen LogP contribution in [0, 0.1) is 17.2 Å². The number of hydrogen-bond donors (Lipinski definition) is 5. The van der Waals surface area contributed by atoms with Gasteiger partial charge in [-0.25, -0.2) is 24.2 Å². The fraction of sp³-hybridized carbons (Fsp3) is 0.409. The lowest BCUT2D eigenvalue weighted by molar-refractivity contribution is -0.171. The monoisotopic (exact) mass is 891 g/mol. The molecule has 0 aliphatic heterocycles. The molecule has 1 aliphatic rings. The fourth-order valence-corrected chi connectivity index (χ4v) is 5.67. The zero-order chi connectivity index (χ0) is 46.8. The third-order valence-electron chi connectivity index (χ3n) is 9.29. The maximum absolute atomic E-state index is 13.6. The molecule has 6 N–H and O–H groups in total. The Morgan fingerprint density at radius 2 is 1.53 bits per heavy atom. The number of esters is 3. The van der Waals surface area contributed by atoms with Gasteiger partial charge >= 0.3 is 30.0 Å². The lowest BCUT2D eigenvalue weighted by atomic mass is 9.95. The summed E-state index contributed by atoms with van der Waals surface area (Å²) < 4.78 is 42.3. The van der Waals surface area contributed by atoms with E-state index in [0.29, 0.717) is 29.3 Å². The number of ether oxygens (including phenoxy) is 8. The number of methoxy groups -OCH3 is 1. The van der Waals surface area contributed by atoms with E-state index in [4.69, 9.17) is 49.0 Å². The second kappa shape index (κ2) is 24.7. The number of anilines is 1. The average Bonchev–Trinajstić information content (AvgIpc) is 4.10. The largest absolute Gasteiger partial charge is 0.496 e. The van der Waals surface area contributed by atoms with Crippen LogP contribution in [0.4, 0.5) is 10.5 Å². The number of nitrogen functional groups attached to an aromatic ring is 1. The van der Waals surface area contributed by atoms with Crippen molar-refractivity contribution in [2.24, 2.45) is 11.8 Å². The van der Waals surface area contributed by atoms with Crippen LogP contribution in [0.1, 0.15) is 82.5 Å². The standard InChI is InChI=1S/C44H53N5O15/c1-6-29-21-34(41(52)53)33(22-36(29)57-5)32-13-14-35(40(51)47-23-28-7-8-28)48-38(32)43(55)63-27(4)62-42(54)25(2)15-16-58-17-18-59-19-20-60-24-37(50)61-26(3)64-44(56)49-39(46)30-9-11-31(45)12-10-30/h6,9-14,21-22,25-28H,1,7-8,15-20,23-24,45H2,2-5H3,(H,47,51)(H,52,53)(H2,46,49,56). The van der Waals surface area contributed by atoms with Crippen LogP contribution in [0.5, 0.6) is 5.75 Å². The maximum Gasteiger partial charge on any atom is 0.415 e. The van der Waals surface area contributed by atoms with E-state index < -0.39 is 61.0 Å². The molecule has 2 amide bonds. The molecule has 0 radical (unpaired) electrons. The van der Waals surface area contributed by atoms with E-state index in [9.17, 15) is 33.9 Å². The highest BCUT2D eigenvalue weighted by atomic mass is 16.7. The van der Waals surface area contributed by atoms with Crippen molar-refractivity contribution >= 4 is 53.5 Å². The van der Waals surface area contributed by atoms with Gasteiger partial charge in [0.05, 0.1) is 45.0 Å². The first kappa shape index (κ1) is 49.8. The third kappa shape index (κ3) is 15.8. The lowest BCUT2D eigenvalue weighted by Gasteiger charge is -2.19. The van der Waals surface area contributed by atoms with Crippen LogP contribution in [0.25, 0.3) is 17.2 Å². The van der Waals surface area contributed by atoms with Gasteiger partial charge in [-0.2, -0.15) is 0 Å². The number of aromatic nitrogens is 1. The molecular weight excluding hydrogens is 839 g/mol. The van der Waals surface area contributed by atoms with Gasteiger partial charge in [-0.3, -0.25) is 20.3 Å². The Bertz CT molecular complexity index is 2160. The zero-order valence-corrected chi connectivity index (χ0v) is 36.0. The summed E-state index contributed by atoms with van der Waals surface area (Å²) in [5.74, 6) is -4.63. The second-order valence-electron chi connectivity index (χ2n) is 14.4. The molecule has 3 aromatic rings. The Balaban J connectivity index is 1.16. The molecule has 3 atom stereocenters. The molecule has 20 nitrogen and oxygen atoms in total. The van der Waals surface area contributed by atoms with E-state index >= 15 is 0 Å². The van der Waals surface area contributed by atoms with Crippen molar-refractivity contribution in [1.29, 1.82) is 5.41 Å². The summed E-state index contributed by atoms with van der Waals surface area (Å²) in [6.45, 7) is 8.69. The molecule has 2 aromatic carbocycles. The number of alkyl carbamates (subject to hydrolysis) is 1. The summed E-state index contributed by atoms with van der Waals surface area (Å²) in [4.78, 5) is 80.1. The second-order valence-corrected chi connectivity index (χ2v) is 14.4. The first-order valence-corrected chi connectivity index (χ1v) is 20.2. The van der Waals surface area contributed by atoms with Crippen LogP contribution in [0.15, 0.2) is 55.1 Å². The van der Waals surface area contributed by atoms with Gasteiger partial charge < -0.3 is 54.1 Å². The highest BCUT2D eigenvalue weighted by Gasteiger charge is 2.28. The summed E-state index contributed by atoms with van der Waals surface area (Å²) in [6.07, 6.45) is 0.0319. The van der Waals surface area contributed by atoms with Gasteiger partial charge in [0.25, 0.3) is 5.91 Å². The van der Waals surface area contributed by atoms with Crippen molar-refractivity contribution in [3.8, 4) is 16.9 Å². The highest BCUT2D eigenvalue weighted by Crippen LogP contribution is 2.34. The van der Waals surface area contributed by atoms with Crippen LogP contribution in [0.3, 0.4) is 0 Å². The SMILES string of the molecule is C=Cc1cc(C(=O)O)c(-c2ccc(C(=O)NCC3CC3)nc2C(=O)OC(C)OC(=O)C(C)CCOCCOCCOCC(=O)OC(C)OC(=O)NC(=N)c2ccc(N)cc2)cc1OC. The molecule has 1 aliphatic carbocycles. The van der Waals surface area contributed by atoms with E-state index in [1.165, 1.54) is 51.3 Å². The summed E-state index contributed by atoms with van der Waals surface area (Å²) >= 11 is 0. The van der Waals surface area contributed by atoms with Gasteiger partial charge in [-0.05, 0) is 73.7 Å². The van der Waals surface area contributed by atoms with Crippen molar-refractivity contribution < 1.29 is 71.8 Å². The number of hydrogen-bond acceptors (Lipinski definition) is 17. The zero-order valence-electron chi connectivity index (χ0n) is 36.0. The Hall–Kier alpha value is -6.90. The average molecular weight is 892 g/mol. The molecule has 0 bridgehead atoms. The van der Waals surface area contributed by atoms with Crippen LogP contribution in [0.2, 0.25) is 0 Å². The highest BCUT2D eigenvalue weighted by molar-refractivity contribution is 6.05. The minimum absolute atomic E-state index is 0.0343. The molecule has 4 rings (SSSR count). The minimum atomic E-state index is -1.40. The number of carbonyl (C=O) groups is 6. The first-order valence-electron chi connectivity index (χ1n) is 20.2. The summed E-state index contributed by atoms with van der Waals surface area (Å²) in [7, 11) is 1.39. The van der Waals surface area contributed by atoms with Gasteiger partial charge in [0, 0.05) is 54.9 Å². The number of nitrogens with zero attached hydrogens (tertiary/aromatic N) is 1. The fourth-order valence-electron chi connectivity index (χ4n) is 5.67. The Kier molecular flexibility index (Phi) is 19.2. The van der Waals surface area contributed by atoms with Crippen LogP contribution < -0.4 is 21.1 Å². The normalized spacial score (nSPS) is 13.3. The molecule has 1 aromatic heterocycles. The number of amides is 2. The van der Waals surface area contributed by atoms with Crippen molar-refractivity contribution in [3.63, 3.8) is 0 Å². The summed E-state index contributed by atoms with van der Waals surface area (Å²) in [6, 6.07) is 11.8. The van der Waals surface area contributed by atoms with Crippen molar-refractivity contribution in [2.45, 2.75) is 52.6 Å². The molecule has 64 heavy (non-hydrogen) atoms. The van der Waals surface area contributed by atoms with E-state index in [1.54, 1.807) is 31.2 Å². The number of nitrogens with two attached hydrogens (primary N) is 1. The Labute approximate surface area is 369 Å². The number of carboxylic acids is 1. The van der Waals surface area contributed by atoms with Crippen molar-refractivity contribution in [2.75, 3.05) is 59.0 Å². The number of pyridine rings is 1. The molecule has 1 fully saturated rings. The van der Waals surface area contributed by atoms with Gasteiger partial charge in [0.2, 0.25) is 12.6 Å².